The number of amides is 7. The molecule has 8 N–H and O–H groups in total. The highest BCUT2D eigenvalue weighted by Crippen LogP contribution is 2.11. The number of rotatable bonds is 20. The van der Waals surface area contributed by atoms with E-state index in [0.717, 1.165) is 5.56 Å². The first-order valence-electron chi connectivity index (χ1n) is 14.0. The van der Waals surface area contributed by atoms with Gasteiger partial charge in [-0.1, -0.05) is 36.8 Å². The van der Waals surface area contributed by atoms with E-state index in [-0.39, 0.29) is 44.5 Å². The summed E-state index contributed by atoms with van der Waals surface area (Å²) in [6.45, 7) is -1.52. The van der Waals surface area contributed by atoms with Crippen LogP contribution in [-0.2, 0) is 44.7 Å². The second-order valence-electron chi connectivity index (χ2n) is 9.76. The lowest BCUT2D eigenvalue weighted by Gasteiger charge is -2.20. The van der Waals surface area contributed by atoms with Crippen LogP contribution in [-0.4, -0.2) is 103 Å². The molecule has 1 aliphatic heterocycles. The van der Waals surface area contributed by atoms with Gasteiger partial charge in [-0.15, -0.1) is 0 Å². The molecule has 2 rings (SSSR count). The fraction of sp³-hybridized carbons (Fsp3) is 0.464. The van der Waals surface area contributed by atoms with Crippen molar-refractivity contribution in [3.8, 4) is 0 Å². The van der Waals surface area contributed by atoms with Gasteiger partial charge in [-0.2, -0.15) is 0 Å². The van der Waals surface area contributed by atoms with Crippen molar-refractivity contribution in [3.63, 3.8) is 0 Å². The Bertz CT molecular complexity index is 1190. The van der Waals surface area contributed by atoms with Gasteiger partial charge in [0.05, 0.1) is 19.6 Å². The van der Waals surface area contributed by atoms with Crippen molar-refractivity contribution in [2.45, 2.75) is 44.4 Å². The Kier molecular flexibility index (Phi) is 15.6. The predicted molar refractivity (Wildman–Crippen MR) is 155 cm³/mol. The summed E-state index contributed by atoms with van der Waals surface area (Å²) in [4.78, 5) is 84.9. The molecule has 16 heteroatoms. The highest BCUT2D eigenvalue weighted by Gasteiger charge is 2.23. The Hall–Kier alpha value is -4.83. The average molecular weight is 618 g/mol. The van der Waals surface area contributed by atoms with Gasteiger partial charge in [0.2, 0.25) is 41.4 Å². The van der Waals surface area contributed by atoms with Crippen LogP contribution in [0.25, 0.3) is 0 Å². The summed E-state index contributed by atoms with van der Waals surface area (Å²) in [6.07, 6.45) is 3.85. The maximum atomic E-state index is 12.8. The lowest BCUT2D eigenvalue weighted by Crippen LogP contribution is -2.52. The molecule has 0 radical (unpaired) electrons. The van der Waals surface area contributed by atoms with Crippen LogP contribution in [0, 0.1) is 0 Å². The molecular weight excluding hydrogens is 578 g/mol. The third-order valence-corrected chi connectivity index (χ3v) is 6.18. The van der Waals surface area contributed by atoms with Crippen LogP contribution in [0.15, 0.2) is 42.5 Å². The molecule has 44 heavy (non-hydrogen) atoms. The molecule has 0 saturated heterocycles. The SMILES string of the molecule is NC(=O)COCNC(=O)CNC(=O)[C@H](Cc1ccccc1)NC(=O)CNC(=O)CNC(=O)CCCCCN1C(=O)C=CC1O. The number of aliphatic hydroxyl groups is 1. The first kappa shape index (κ1) is 35.4. The zero-order valence-corrected chi connectivity index (χ0v) is 24.2. The topological polar surface area (TPSA) is 238 Å². The molecule has 2 atom stereocenters. The Balaban J connectivity index is 1.69. The van der Waals surface area contributed by atoms with Crippen molar-refractivity contribution in [2.24, 2.45) is 5.73 Å². The quantitative estimate of drug-likeness (QED) is 0.0579. The summed E-state index contributed by atoms with van der Waals surface area (Å²) in [5.74, 6) is -3.83. The number of primary amides is 1. The van der Waals surface area contributed by atoms with Gasteiger partial charge < -0.3 is 47.1 Å². The van der Waals surface area contributed by atoms with E-state index >= 15 is 0 Å². The lowest BCUT2D eigenvalue weighted by atomic mass is 10.1. The Morgan fingerprint density at radius 3 is 2.20 bits per heavy atom. The maximum absolute atomic E-state index is 12.8. The fourth-order valence-electron chi connectivity index (χ4n) is 3.93. The maximum Gasteiger partial charge on any atom is 0.248 e. The molecule has 240 valence electrons. The molecule has 16 nitrogen and oxygen atoms in total. The van der Waals surface area contributed by atoms with Gasteiger partial charge in [0, 0.05) is 25.5 Å². The van der Waals surface area contributed by atoms with E-state index in [0.29, 0.717) is 25.8 Å². The Morgan fingerprint density at radius 1 is 0.864 bits per heavy atom. The summed E-state index contributed by atoms with van der Waals surface area (Å²) in [5, 5.41) is 21.8. The van der Waals surface area contributed by atoms with E-state index in [4.69, 9.17) is 10.5 Å². The van der Waals surface area contributed by atoms with E-state index in [1.165, 1.54) is 17.1 Å². The van der Waals surface area contributed by atoms with Crippen LogP contribution < -0.4 is 32.3 Å². The molecule has 0 aromatic heterocycles. The number of hydrogen-bond donors (Lipinski definition) is 7. The molecule has 1 unspecified atom stereocenters. The van der Waals surface area contributed by atoms with E-state index in [2.05, 4.69) is 26.6 Å². The summed E-state index contributed by atoms with van der Waals surface area (Å²) in [6, 6.07) is 7.77. The van der Waals surface area contributed by atoms with Gasteiger partial charge in [0.1, 0.15) is 25.6 Å². The number of nitrogens with two attached hydrogens (primary N) is 1. The highest BCUT2D eigenvalue weighted by atomic mass is 16.5. The van der Waals surface area contributed by atoms with Crippen LogP contribution in [0.4, 0.5) is 0 Å². The largest absolute Gasteiger partial charge is 0.370 e. The van der Waals surface area contributed by atoms with Gasteiger partial charge in [0.15, 0.2) is 0 Å². The minimum atomic E-state index is -1.07. The molecule has 0 fully saturated rings. The van der Waals surface area contributed by atoms with Gasteiger partial charge in [-0.25, -0.2) is 0 Å². The lowest BCUT2D eigenvalue weighted by molar-refractivity contribution is -0.131. The summed E-state index contributed by atoms with van der Waals surface area (Å²) in [5.41, 5.74) is 5.67. The van der Waals surface area contributed by atoms with Gasteiger partial charge >= 0.3 is 0 Å². The first-order valence-corrected chi connectivity index (χ1v) is 14.0. The monoisotopic (exact) mass is 617 g/mol. The van der Waals surface area contributed by atoms with Crippen molar-refractivity contribution < 1.29 is 43.4 Å². The van der Waals surface area contributed by atoms with Crippen LogP contribution in [0.1, 0.15) is 31.2 Å². The van der Waals surface area contributed by atoms with Crippen molar-refractivity contribution in [1.29, 1.82) is 0 Å². The third kappa shape index (κ3) is 14.4. The van der Waals surface area contributed by atoms with Crippen LogP contribution in [0.2, 0.25) is 0 Å². The Labute approximate surface area is 254 Å². The molecular formula is C28H39N7O9. The number of unbranched alkanes of at least 4 members (excludes halogenated alkanes) is 2. The van der Waals surface area contributed by atoms with E-state index < -0.39 is 54.9 Å². The average Bonchev–Trinajstić information content (AvgIpc) is 3.32. The molecule has 1 aromatic rings. The normalized spacial score (nSPS) is 14.4. The first-order chi connectivity index (χ1) is 21.0. The van der Waals surface area contributed by atoms with Gasteiger partial charge in [-0.3, -0.25) is 33.6 Å². The second kappa shape index (κ2) is 19.4. The summed E-state index contributed by atoms with van der Waals surface area (Å²) in [7, 11) is 0. The number of hydrogen-bond acceptors (Lipinski definition) is 9. The molecule has 1 aromatic carbocycles. The predicted octanol–water partition coefficient (Wildman–Crippen LogP) is -3.08. The van der Waals surface area contributed by atoms with Crippen LogP contribution in [0.5, 0.6) is 0 Å². The van der Waals surface area contributed by atoms with Crippen molar-refractivity contribution >= 4 is 41.4 Å². The number of nitrogens with one attached hydrogen (secondary N) is 5. The third-order valence-electron chi connectivity index (χ3n) is 6.18. The summed E-state index contributed by atoms with van der Waals surface area (Å²) >= 11 is 0. The van der Waals surface area contributed by atoms with E-state index in [1.54, 1.807) is 30.3 Å². The second-order valence-corrected chi connectivity index (χ2v) is 9.76. The van der Waals surface area contributed by atoms with Crippen molar-refractivity contribution in [3.05, 3.63) is 48.0 Å². The van der Waals surface area contributed by atoms with E-state index in [9.17, 15) is 38.7 Å². The molecule has 1 heterocycles. The summed E-state index contributed by atoms with van der Waals surface area (Å²) < 4.78 is 4.82. The molecule has 7 amide bonds. The number of nitrogens with zero attached hydrogens (tertiary/aromatic N) is 1. The molecule has 0 bridgehead atoms. The minimum absolute atomic E-state index is 0.109. The smallest absolute Gasteiger partial charge is 0.248 e. The fourth-order valence-corrected chi connectivity index (χ4v) is 3.93. The standard InChI is InChI=1S/C28H39N7O9/c29-21(36)17-44-18-33-24(39)15-32-28(43)20(13-19-7-3-1-4-8-19)34-25(40)16-31-23(38)14-30-22(37)9-5-2-6-12-35-26(41)10-11-27(35)42/h1,3-4,7-8,10-11,20,26,41H,2,5-6,9,12-18H2,(H2,29,36)(H,30,37)(H,31,38)(H,32,43)(H,33,39)(H,34,40)/t20-,26?/m0/s1. The number of carbonyl (C=O) groups is 7. The van der Waals surface area contributed by atoms with Crippen molar-refractivity contribution in [1.82, 2.24) is 31.5 Å². The zero-order chi connectivity index (χ0) is 32.3. The van der Waals surface area contributed by atoms with E-state index in [1.807, 2.05) is 0 Å². The number of ether oxygens (including phenoxy) is 1. The Morgan fingerprint density at radius 2 is 1.52 bits per heavy atom. The highest BCUT2D eigenvalue weighted by molar-refractivity contribution is 5.93. The van der Waals surface area contributed by atoms with Crippen molar-refractivity contribution in [2.75, 3.05) is 39.5 Å². The van der Waals surface area contributed by atoms with Gasteiger partial charge in [-0.05, 0) is 24.5 Å². The number of aliphatic hydroxyl groups excluding tert-OH is 1. The molecule has 0 spiro atoms. The van der Waals surface area contributed by atoms with Gasteiger partial charge in [0.25, 0.3) is 0 Å². The number of benzene rings is 1. The number of carbonyl (C=O) groups excluding carboxylic acids is 7. The van der Waals surface area contributed by atoms with Crippen LogP contribution >= 0.6 is 0 Å². The molecule has 0 saturated carbocycles. The zero-order valence-electron chi connectivity index (χ0n) is 24.2. The minimum Gasteiger partial charge on any atom is -0.370 e. The molecule has 0 aliphatic carbocycles. The van der Waals surface area contributed by atoms with Crippen LogP contribution in [0.3, 0.4) is 0 Å². The molecule has 1 aliphatic rings.